The number of pyridine rings is 2. The summed E-state index contributed by atoms with van der Waals surface area (Å²) in [6.07, 6.45) is 11.4. The summed E-state index contributed by atoms with van der Waals surface area (Å²) in [5.74, 6) is -1.10. The molecule has 0 fully saturated rings. The van der Waals surface area contributed by atoms with E-state index in [0.29, 0.717) is 48.4 Å². The monoisotopic (exact) mass is 938 g/mol. The molecule has 4 heterocycles. The highest BCUT2D eigenvalue weighted by Crippen LogP contribution is 2.33. The van der Waals surface area contributed by atoms with E-state index in [1.165, 1.54) is 0 Å². The molecule has 2 atom stereocenters. The van der Waals surface area contributed by atoms with Gasteiger partial charge in [0.05, 0.1) is 22.8 Å². The van der Waals surface area contributed by atoms with Crippen LogP contribution in [0, 0.1) is 0 Å². The number of carbonyl (C=O) groups excluding carboxylic acids is 4. The number of nitrogens with zero attached hydrogens (tertiary/aromatic N) is 6. The SMILES string of the molecule is CCCN(Cc1ncc(-c2ccc(-c3ccc(-c4cnc(CN(CCC)C(=O)C(NC(=O)c5ccncc5)c5ccccc5)s4)cc3)cc2)s1)C(=O)C(NC(=O)c1ccncc1)c1ccccc1. The number of hydrogen-bond acceptors (Lipinski definition) is 10. The summed E-state index contributed by atoms with van der Waals surface area (Å²) in [6, 6.07) is 40.1. The summed E-state index contributed by atoms with van der Waals surface area (Å²) in [5.41, 5.74) is 6.43. The van der Waals surface area contributed by atoms with Crippen LogP contribution in [-0.4, -0.2) is 66.5 Å². The number of rotatable bonds is 19. The topological polar surface area (TPSA) is 150 Å². The molecule has 0 spiro atoms. The molecule has 68 heavy (non-hydrogen) atoms. The minimum Gasteiger partial charge on any atom is -0.336 e. The normalized spacial score (nSPS) is 11.9. The molecule has 4 aromatic heterocycles. The fourth-order valence-electron chi connectivity index (χ4n) is 7.76. The zero-order valence-corrected chi connectivity index (χ0v) is 39.3. The van der Waals surface area contributed by atoms with Crippen LogP contribution < -0.4 is 10.6 Å². The van der Waals surface area contributed by atoms with Gasteiger partial charge in [0.1, 0.15) is 22.1 Å². The third-order valence-electron chi connectivity index (χ3n) is 11.2. The number of benzene rings is 4. The van der Waals surface area contributed by atoms with Crippen LogP contribution in [0.25, 0.3) is 32.0 Å². The fraction of sp³-hybridized carbons (Fsp3) is 0.185. The van der Waals surface area contributed by atoms with Crippen molar-refractivity contribution in [1.82, 2.24) is 40.4 Å². The molecular weight excluding hydrogens is 889 g/mol. The molecule has 0 radical (unpaired) electrons. The molecule has 8 rings (SSSR count). The van der Waals surface area contributed by atoms with Gasteiger partial charge in [-0.15, -0.1) is 22.7 Å². The second-order valence-electron chi connectivity index (χ2n) is 16.0. The van der Waals surface area contributed by atoms with E-state index in [0.717, 1.165) is 54.9 Å². The molecule has 4 amide bonds. The van der Waals surface area contributed by atoms with E-state index in [9.17, 15) is 19.2 Å². The maximum absolute atomic E-state index is 14.2. The Labute approximate surface area is 403 Å². The van der Waals surface area contributed by atoms with E-state index < -0.39 is 12.1 Å². The van der Waals surface area contributed by atoms with Crippen molar-refractivity contribution in [2.45, 2.75) is 51.9 Å². The van der Waals surface area contributed by atoms with E-state index in [-0.39, 0.29) is 23.6 Å². The Balaban J connectivity index is 0.912. The zero-order valence-electron chi connectivity index (χ0n) is 37.7. The quantitative estimate of drug-likeness (QED) is 0.0814. The second-order valence-corrected chi connectivity index (χ2v) is 18.2. The Morgan fingerprint density at radius 3 is 1.19 bits per heavy atom. The van der Waals surface area contributed by atoms with Crippen molar-refractivity contribution < 1.29 is 19.2 Å². The fourth-order valence-corrected chi connectivity index (χ4v) is 9.63. The molecule has 2 N–H and O–H groups in total. The van der Waals surface area contributed by atoms with Gasteiger partial charge in [-0.3, -0.25) is 29.1 Å². The molecule has 12 nitrogen and oxygen atoms in total. The van der Waals surface area contributed by atoms with Gasteiger partial charge in [0, 0.05) is 61.4 Å². The molecule has 0 aliphatic heterocycles. The molecule has 2 unspecified atom stereocenters. The number of hydrogen-bond donors (Lipinski definition) is 2. The molecule has 0 saturated heterocycles. The van der Waals surface area contributed by atoms with Crippen LogP contribution in [-0.2, 0) is 22.7 Å². The lowest BCUT2D eigenvalue weighted by molar-refractivity contribution is -0.134. The van der Waals surface area contributed by atoms with Crippen molar-refractivity contribution in [3.05, 3.63) is 203 Å². The molecule has 0 saturated carbocycles. The van der Waals surface area contributed by atoms with E-state index in [4.69, 9.17) is 9.97 Å². The zero-order chi connectivity index (χ0) is 47.2. The van der Waals surface area contributed by atoms with E-state index in [1.54, 1.807) is 81.5 Å². The van der Waals surface area contributed by atoms with Gasteiger partial charge in [0.25, 0.3) is 11.8 Å². The van der Waals surface area contributed by atoms with Crippen LogP contribution in [0.1, 0.15) is 80.6 Å². The summed E-state index contributed by atoms with van der Waals surface area (Å²) in [7, 11) is 0. The second kappa shape index (κ2) is 22.7. The van der Waals surface area contributed by atoms with Crippen LogP contribution in [0.5, 0.6) is 0 Å². The predicted octanol–water partition coefficient (Wildman–Crippen LogP) is 10.2. The first-order valence-corrected chi connectivity index (χ1v) is 24.1. The van der Waals surface area contributed by atoms with Crippen LogP contribution >= 0.6 is 22.7 Å². The Hall–Kier alpha value is -7.68. The lowest BCUT2D eigenvalue weighted by Gasteiger charge is -2.27. The number of thiazole rings is 2. The maximum atomic E-state index is 14.2. The molecule has 0 bridgehead atoms. The Morgan fingerprint density at radius 1 is 0.485 bits per heavy atom. The Morgan fingerprint density at radius 2 is 0.838 bits per heavy atom. The molecule has 0 aliphatic carbocycles. The summed E-state index contributed by atoms with van der Waals surface area (Å²) >= 11 is 3.09. The summed E-state index contributed by atoms with van der Waals surface area (Å²) in [5, 5.41) is 7.52. The summed E-state index contributed by atoms with van der Waals surface area (Å²) in [4.78, 5) is 77.9. The predicted molar refractivity (Wildman–Crippen MR) is 267 cm³/mol. The van der Waals surface area contributed by atoms with Gasteiger partial charge in [0.15, 0.2) is 0 Å². The molecular formula is C54H50N8O4S2. The number of carbonyl (C=O) groups is 4. The van der Waals surface area contributed by atoms with E-state index in [1.807, 2.05) is 86.9 Å². The first kappa shape index (κ1) is 46.8. The number of nitrogens with one attached hydrogen (secondary N) is 2. The molecule has 4 aromatic carbocycles. The number of aromatic nitrogens is 4. The molecule has 342 valence electrons. The number of amides is 4. The van der Waals surface area contributed by atoms with E-state index >= 15 is 0 Å². The van der Waals surface area contributed by atoms with Gasteiger partial charge in [-0.2, -0.15) is 0 Å². The van der Waals surface area contributed by atoms with Gasteiger partial charge in [-0.05, 0) is 70.5 Å². The summed E-state index contributed by atoms with van der Waals surface area (Å²) in [6.45, 7) is 5.69. The highest BCUT2D eigenvalue weighted by molar-refractivity contribution is 7.15. The minimum absolute atomic E-state index is 0.202. The van der Waals surface area contributed by atoms with Crippen molar-refractivity contribution in [3.8, 4) is 32.0 Å². The lowest BCUT2D eigenvalue weighted by atomic mass is 10.0. The van der Waals surface area contributed by atoms with Crippen LogP contribution in [0.2, 0.25) is 0 Å². The van der Waals surface area contributed by atoms with Crippen molar-refractivity contribution in [3.63, 3.8) is 0 Å². The average Bonchev–Trinajstić information content (AvgIpc) is 4.08. The standard InChI is InChI=1S/C54H50N8O4S2/c1-3-31-61(53(65)49(41-11-7-5-8-12-41)59-51(63)43-23-27-55-28-24-43)35-47-57-33-45(67-47)39-19-15-37(16-20-39)38-17-21-40(22-18-38)46-34-58-48(68-46)36-62(32-4-2)54(66)50(42-13-9-6-10-14-42)60-52(64)44-25-29-56-30-26-44/h5-30,33-34,49-50H,3-4,31-32,35-36H2,1-2H3,(H,59,63)(H,60,64). The first-order chi connectivity index (χ1) is 33.3. The van der Waals surface area contributed by atoms with Gasteiger partial charge in [0.2, 0.25) is 11.8 Å². The smallest absolute Gasteiger partial charge is 0.252 e. The van der Waals surface area contributed by atoms with Gasteiger partial charge >= 0.3 is 0 Å². The highest BCUT2D eigenvalue weighted by atomic mass is 32.1. The van der Waals surface area contributed by atoms with Crippen LogP contribution in [0.4, 0.5) is 0 Å². The highest BCUT2D eigenvalue weighted by Gasteiger charge is 2.30. The third kappa shape index (κ3) is 11.6. The molecule has 14 heteroatoms. The van der Waals surface area contributed by atoms with Crippen molar-refractivity contribution in [2.75, 3.05) is 13.1 Å². The van der Waals surface area contributed by atoms with Gasteiger partial charge < -0.3 is 20.4 Å². The third-order valence-corrected chi connectivity index (χ3v) is 13.3. The average molecular weight is 939 g/mol. The first-order valence-electron chi connectivity index (χ1n) is 22.5. The molecule has 8 aromatic rings. The largest absolute Gasteiger partial charge is 0.336 e. The van der Waals surface area contributed by atoms with Gasteiger partial charge in [-0.25, -0.2) is 9.97 Å². The van der Waals surface area contributed by atoms with Crippen molar-refractivity contribution >= 4 is 46.3 Å². The maximum Gasteiger partial charge on any atom is 0.252 e. The lowest BCUT2D eigenvalue weighted by Crippen LogP contribution is -2.43. The Bertz CT molecular complexity index is 2710. The Kier molecular flexibility index (Phi) is 15.6. The van der Waals surface area contributed by atoms with Crippen molar-refractivity contribution in [1.29, 1.82) is 0 Å². The summed E-state index contributed by atoms with van der Waals surface area (Å²) < 4.78 is 0. The van der Waals surface area contributed by atoms with Crippen LogP contribution in [0.15, 0.2) is 171 Å². The van der Waals surface area contributed by atoms with Crippen molar-refractivity contribution in [2.24, 2.45) is 0 Å². The minimum atomic E-state index is -0.872. The molecule has 0 aliphatic rings. The van der Waals surface area contributed by atoms with E-state index in [2.05, 4.69) is 69.1 Å². The van der Waals surface area contributed by atoms with Crippen LogP contribution in [0.3, 0.4) is 0 Å². The van der Waals surface area contributed by atoms with Gasteiger partial charge in [-0.1, -0.05) is 123 Å².